The van der Waals surface area contributed by atoms with Gasteiger partial charge in [-0.2, -0.15) is 0 Å². The molecule has 0 bridgehead atoms. The lowest BCUT2D eigenvalue weighted by Crippen LogP contribution is -2.35. The molecule has 1 unspecified atom stereocenters. The second-order valence-electron chi connectivity index (χ2n) is 6.36. The second-order valence-corrected chi connectivity index (χ2v) is 6.36. The van der Waals surface area contributed by atoms with Crippen molar-refractivity contribution in [3.05, 3.63) is 59.2 Å². The zero-order valence-corrected chi connectivity index (χ0v) is 14.4. The Labute approximate surface area is 139 Å². The van der Waals surface area contributed by atoms with Crippen LogP contribution in [-0.2, 0) is 15.1 Å². The Kier molecular flexibility index (Phi) is 4.84. The van der Waals surface area contributed by atoms with Crippen LogP contribution in [-0.4, -0.2) is 20.3 Å². The first-order valence-electron chi connectivity index (χ1n) is 8.57. The molecule has 0 aromatic heterocycles. The molecule has 2 aromatic carbocycles. The first kappa shape index (κ1) is 16.2. The minimum absolute atomic E-state index is 0.472. The molecule has 0 aliphatic heterocycles. The van der Waals surface area contributed by atoms with Gasteiger partial charge in [0, 0.05) is 19.3 Å². The maximum atomic E-state index is 6.54. The summed E-state index contributed by atoms with van der Waals surface area (Å²) < 4.78 is 12.2. The molecule has 3 rings (SSSR count). The average Bonchev–Trinajstić information content (AvgIpc) is 2.85. The van der Waals surface area contributed by atoms with E-state index in [-0.39, 0.29) is 0 Å². The molecule has 0 fully saturated rings. The zero-order valence-electron chi connectivity index (χ0n) is 14.4. The summed E-state index contributed by atoms with van der Waals surface area (Å²) in [5.74, 6) is 0. The third-order valence-corrected chi connectivity index (χ3v) is 4.77. The van der Waals surface area contributed by atoms with Crippen LogP contribution in [0, 0.1) is 6.92 Å². The van der Waals surface area contributed by atoms with Gasteiger partial charge in [-0.05, 0) is 35.6 Å². The van der Waals surface area contributed by atoms with Crippen molar-refractivity contribution < 1.29 is 9.47 Å². The average molecular weight is 310 g/mol. The van der Waals surface area contributed by atoms with Gasteiger partial charge in [0.1, 0.15) is 5.60 Å². The van der Waals surface area contributed by atoms with Gasteiger partial charge in [0.2, 0.25) is 0 Å². The molecule has 0 spiro atoms. The van der Waals surface area contributed by atoms with Gasteiger partial charge in [0.05, 0.1) is 6.61 Å². The summed E-state index contributed by atoms with van der Waals surface area (Å²) in [4.78, 5) is 0. The maximum absolute atomic E-state index is 6.54. The van der Waals surface area contributed by atoms with Crippen molar-refractivity contribution in [3.63, 3.8) is 0 Å². The Hall–Kier alpha value is -1.64. The molecule has 0 heterocycles. The fraction of sp³-hybridized carbons (Fsp3) is 0.429. The lowest BCUT2D eigenvalue weighted by atomic mass is 9.89. The van der Waals surface area contributed by atoms with Crippen LogP contribution in [0.15, 0.2) is 42.5 Å². The van der Waals surface area contributed by atoms with Crippen molar-refractivity contribution in [1.29, 1.82) is 0 Å². The molecule has 1 aliphatic rings. The van der Waals surface area contributed by atoms with E-state index >= 15 is 0 Å². The zero-order chi connectivity index (χ0) is 16.3. The van der Waals surface area contributed by atoms with Crippen LogP contribution < -0.4 is 0 Å². The number of fused-ring (bicyclic) bond motifs is 3. The Morgan fingerprint density at radius 2 is 1.74 bits per heavy atom. The number of benzene rings is 2. The Morgan fingerprint density at radius 3 is 2.52 bits per heavy atom. The molecule has 0 saturated carbocycles. The molecule has 2 nitrogen and oxygen atoms in total. The summed E-state index contributed by atoms with van der Waals surface area (Å²) in [6, 6.07) is 15.1. The molecule has 2 heteroatoms. The summed E-state index contributed by atoms with van der Waals surface area (Å²) >= 11 is 0. The number of ether oxygens (including phenoxy) is 2. The van der Waals surface area contributed by atoms with Gasteiger partial charge >= 0.3 is 0 Å². The van der Waals surface area contributed by atoms with Gasteiger partial charge in [0.25, 0.3) is 0 Å². The van der Waals surface area contributed by atoms with Crippen LogP contribution >= 0.6 is 0 Å². The monoisotopic (exact) mass is 310 g/mol. The fourth-order valence-corrected chi connectivity index (χ4v) is 3.78. The normalized spacial score (nSPS) is 18.7. The fourth-order valence-electron chi connectivity index (χ4n) is 3.78. The van der Waals surface area contributed by atoms with Gasteiger partial charge in [-0.15, -0.1) is 0 Å². The van der Waals surface area contributed by atoms with Gasteiger partial charge < -0.3 is 9.47 Å². The first-order valence-corrected chi connectivity index (χ1v) is 8.57. The molecule has 0 amide bonds. The van der Waals surface area contributed by atoms with Gasteiger partial charge in [-0.3, -0.25) is 0 Å². The number of hydrogen-bond acceptors (Lipinski definition) is 2. The van der Waals surface area contributed by atoms with Crippen molar-refractivity contribution >= 4 is 0 Å². The molecule has 2 aromatic rings. The summed E-state index contributed by atoms with van der Waals surface area (Å²) in [7, 11) is 1.76. The molecular formula is C21H26O2. The molecule has 0 N–H and O–H groups in total. The number of unbranched alkanes of at least 4 members (excludes halogenated alkanes) is 2. The number of rotatable bonds is 7. The van der Waals surface area contributed by atoms with Crippen molar-refractivity contribution in [1.82, 2.24) is 0 Å². The predicted octanol–water partition coefficient (Wildman–Crippen LogP) is 5.07. The SMILES string of the molecule is CCCCCOC1(COC)c2ccccc2-c2cccc(C)c21. The highest BCUT2D eigenvalue weighted by Crippen LogP contribution is 2.51. The second kappa shape index (κ2) is 6.86. The smallest absolute Gasteiger partial charge is 0.143 e. The van der Waals surface area contributed by atoms with Crippen molar-refractivity contribution in [2.75, 3.05) is 20.3 Å². The van der Waals surface area contributed by atoms with E-state index in [9.17, 15) is 0 Å². The topological polar surface area (TPSA) is 18.5 Å². The van der Waals surface area contributed by atoms with Gasteiger partial charge in [0.15, 0.2) is 0 Å². The lowest BCUT2D eigenvalue weighted by molar-refractivity contribution is -0.0651. The third kappa shape index (κ3) is 2.71. The standard InChI is InChI=1S/C21H26O2/c1-4-5-8-14-23-21(15-22-3)19-13-7-6-11-17(19)18-12-9-10-16(2)20(18)21/h6-7,9-13H,4-5,8,14-15H2,1-3H3. The van der Waals surface area contributed by atoms with Crippen LogP contribution in [0.3, 0.4) is 0 Å². The predicted molar refractivity (Wildman–Crippen MR) is 94.7 cm³/mol. The van der Waals surface area contributed by atoms with E-state index in [1.807, 2.05) is 0 Å². The highest BCUT2D eigenvalue weighted by Gasteiger charge is 2.45. The highest BCUT2D eigenvalue weighted by atomic mass is 16.5. The van der Waals surface area contributed by atoms with Gasteiger partial charge in [-0.25, -0.2) is 0 Å². The summed E-state index contributed by atoms with van der Waals surface area (Å²) in [6.45, 7) is 5.70. The molecule has 122 valence electrons. The summed E-state index contributed by atoms with van der Waals surface area (Å²) in [6.07, 6.45) is 3.49. The van der Waals surface area contributed by atoms with E-state index in [1.54, 1.807) is 7.11 Å². The van der Waals surface area contributed by atoms with E-state index in [4.69, 9.17) is 9.47 Å². The maximum Gasteiger partial charge on any atom is 0.143 e. The lowest BCUT2D eigenvalue weighted by Gasteiger charge is -2.32. The van der Waals surface area contributed by atoms with Crippen molar-refractivity contribution in [3.8, 4) is 11.1 Å². The van der Waals surface area contributed by atoms with Crippen molar-refractivity contribution in [2.24, 2.45) is 0 Å². The van der Waals surface area contributed by atoms with E-state index in [2.05, 4.69) is 56.3 Å². The molecule has 1 aliphatic carbocycles. The molecule has 23 heavy (non-hydrogen) atoms. The minimum atomic E-state index is -0.472. The van der Waals surface area contributed by atoms with E-state index in [0.717, 1.165) is 13.0 Å². The van der Waals surface area contributed by atoms with Crippen LogP contribution in [0.25, 0.3) is 11.1 Å². The Morgan fingerprint density at radius 1 is 0.957 bits per heavy atom. The van der Waals surface area contributed by atoms with Crippen LogP contribution in [0.2, 0.25) is 0 Å². The quantitative estimate of drug-likeness (QED) is 0.665. The Bertz CT molecular complexity index is 677. The molecular weight excluding hydrogens is 284 g/mol. The van der Waals surface area contributed by atoms with E-state index in [1.165, 1.54) is 40.7 Å². The number of aryl methyl sites for hydroxylation is 1. The minimum Gasteiger partial charge on any atom is -0.381 e. The summed E-state index contributed by atoms with van der Waals surface area (Å²) in [5.41, 5.74) is 5.88. The van der Waals surface area contributed by atoms with Crippen LogP contribution in [0.5, 0.6) is 0 Å². The number of hydrogen-bond donors (Lipinski definition) is 0. The van der Waals surface area contributed by atoms with Crippen LogP contribution in [0.1, 0.15) is 42.9 Å². The number of methoxy groups -OCH3 is 1. The van der Waals surface area contributed by atoms with Crippen molar-refractivity contribution in [2.45, 2.75) is 38.7 Å². The van der Waals surface area contributed by atoms with Crippen LogP contribution in [0.4, 0.5) is 0 Å². The molecule has 1 atom stereocenters. The third-order valence-electron chi connectivity index (χ3n) is 4.77. The Balaban J connectivity index is 2.10. The van der Waals surface area contributed by atoms with E-state index in [0.29, 0.717) is 6.61 Å². The molecule has 0 radical (unpaired) electrons. The first-order chi connectivity index (χ1) is 11.2. The molecule has 0 saturated heterocycles. The summed E-state index contributed by atoms with van der Waals surface area (Å²) in [5, 5.41) is 0. The largest absolute Gasteiger partial charge is 0.381 e. The highest BCUT2D eigenvalue weighted by molar-refractivity contribution is 5.81. The van der Waals surface area contributed by atoms with Gasteiger partial charge in [-0.1, -0.05) is 62.2 Å². The van der Waals surface area contributed by atoms with E-state index < -0.39 is 5.60 Å².